The Bertz CT molecular complexity index is 377. The summed E-state index contributed by atoms with van der Waals surface area (Å²) in [5, 5.41) is 6.77. The van der Waals surface area contributed by atoms with Crippen molar-refractivity contribution in [3.05, 3.63) is 11.1 Å². The lowest BCUT2D eigenvalue weighted by Crippen LogP contribution is -2.29. The van der Waals surface area contributed by atoms with Gasteiger partial charge in [0.2, 0.25) is 0 Å². The van der Waals surface area contributed by atoms with Crippen molar-refractivity contribution in [1.82, 2.24) is 10.3 Å². The summed E-state index contributed by atoms with van der Waals surface area (Å²) in [5.41, 5.74) is 1.16. The van der Waals surface area contributed by atoms with Gasteiger partial charge in [-0.05, 0) is 25.3 Å². The maximum absolute atomic E-state index is 5.19. The first-order chi connectivity index (χ1) is 9.20. The number of aromatic nitrogens is 1. The van der Waals surface area contributed by atoms with Crippen molar-refractivity contribution in [2.24, 2.45) is 5.92 Å². The van der Waals surface area contributed by atoms with E-state index < -0.39 is 0 Å². The Morgan fingerprint density at radius 3 is 2.95 bits per heavy atom. The van der Waals surface area contributed by atoms with Crippen LogP contribution in [0.5, 0.6) is 0 Å². The summed E-state index contributed by atoms with van der Waals surface area (Å²) >= 11 is 1.75. The highest BCUT2D eigenvalue weighted by Crippen LogP contribution is 2.33. The fourth-order valence-electron chi connectivity index (χ4n) is 2.01. The first-order valence-corrected chi connectivity index (χ1v) is 7.99. The summed E-state index contributed by atoms with van der Waals surface area (Å²) in [7, 11) is 1.76. The van der Waals surface area contributed by atoms with Crippen LogP contribution < -0.4 is 10.2 Å². The van der Waals surface area contributed by atoms with E-state index in [2.05, 4.69) is 29.4 Å². The highest BCUT2D eigenvalue weighted by atomic mass is 32.1. The van der Waals surface area contributed by atoms with Crippen LogP contribution in [0.2, 0.25) is 0 Å². The Kier molecular flexibility index (Phi) is 5.60. The number of ether oxygens (including phenoxy) is 1. The fraction of sp³-hybridized carbons (Fsp3) is 0.786. The Labute approximate surface area is 120 Å². The van der Waals surface area contributed by atoms with Crippen LogP contribution in [0.25, 0.3) is 0 Å². The van der Waals surface area contributed by atoms with Crippen LogP contribution in [-0.2, 0) is 11.3 Å². The smallest absolute Gasteiger partial charge is 0.185 e. The second kappa shape index (κ2) is 7.22. The van der Waals surface area contributed by atoms with E-state index in [0.717, 1.165) is 37.1 Å². The monoisotopic (exact) mass is 283 g/mol. The molecule has 1 aromatic heterocycles. The minimum Gasteiger partial charge on any atom is -0.383 e. The highest BCUT2D eigenvalue weighted by Gasteiger charge is 2.30. The van der Waals surface area contributed by atoms with E-state index in [-0.39, 0.29) is 0 Å². The highest BCUT2D eigenvalue weighted by molar-refractivity contribution is 7.13. The van der Waals surface area contributed by atoms with Crippen molar-refractivity contribution >= 4 is 16.5 Å². The quantitative estimate of drug-likeness (QED) is 0.755. The number of hydrogen-bond acceptors (Lipinski definition) is 5. The van der Waals surface area contributed by atoms with Crippen LogP contribution in [0.4, 0.5) is 5.13 Å². The van der Waals surface area contributed by atoms with Gasteiger partial charge in [0.15, 0.2) is 5.13 Å². The third-order valence-electron chi connectivity index (χ3n) is 3.17. The molecule has 108 valence electrons. The standard InChI is InChI=1S/C14H25N3OS/c1-11(2)8-15-9-12-10-19-14(16-12)17(6-7-18-3)13-4-5-13/h10-11,13,15H,4-9H2,1-3H3. The summed E-state index contributed by atoms with van der Waals surface area (Å²) in [5.74, 6) is 0.683. The molecule has 0 aliphatic heterocycles. The molecule has 4 nitrogen and oxygen atoms in total. The lowest BCUT2D eigenvalue weighted by atomic mass is 10.2. The number of thiazole rings is 1. The third kappa shape index (κ3) is 4.75. The van der Waals surface area contributed by atoms with E-state index in [1.54, 1.807) is 18.4 Å². The summed E-state index contributed by atoms with van der Waals surface area (Å²) in [6.45, 7) is 8.09. The molecule has 0 radical (unpaired) electrons. The molecule has 5 heteroatoms. The maximum atomic E-state index is 5.19. The maximum Gasteiger partial charge on any atom is 0.185 e. The number of nitrogens with zero attached hydrogens (tertiary/aromatic N) is 2. The van der Waals surface area contributed by atoms with Gasteiger partial charge in [0.05, 0.1) is 12.3 Å². The SMILES string of the molecule is COCCN(c1nc(CNCC(C)C)cs1)C1CC1. The van der Waals surface area contributed by atoms with Gasteiger partial charge in [0, 0.05) is 31.6 Å². The van der Waals surface area contributed by atoms with Crippen LogP contribution in [0.1, 0.15) is 32.4 Å². The van der Waals surface area contributed by atoms with Crippen molar-refractivity contribution in [1.29, 1.82) is 0 Å². The first-order valence-electron chi connectivity index (χ1n) is 7.11. The normalized spacial score (nSPS) is 15.2. The third-order valence-corrected chi connectivity index (χ3v) is 4.09. The second-order valence-electron chi connectivity index (χ2n) is 5.56. The average Bonchev–Trinajstić information content (AvgIpc) is 3.10. The molecule has 1 saturated carbocycles. The van der Waals surface area contributed by atoms with Gasteiger partial charge in [0.25, 0.3) is 0 Å². The molecule has 1 heterocycles. The lowest BCUT2D eigenvalue weighted by Gasteiger charge is -2.20. The molecular weight excluding hydrogens is 258 g/mol. The minimum absolute atomic E-state index is 0.683. The van der Waals surface area contributed by atoms with Crippen LogP contribution in [0.3, 0.4) is 0 Å². The van der Waals surface area contributed by atoms with Gasteiger partial charge in [-0.3, -0.25) is 0 Å². The van der Waals surface area contributed by atoms with Crippen molar-refractivity contribution in [3.8, 4) is 0 Å². The molecule has 19 heavy (non-hydrogen) atoms. The van der Waals surface area contributed by atoms with E-state index in [9.17, 15) is 0 Å². The summed E-state index contributed by atoms with van der Waals surface area (Å²) in [6.07, 6.45) is 2.59. The molecule has 0 bridgehead atoms. The zero-order chi connectivity index (χ0) is 13.7. The summed E-state index contributed by atoms with van der Waals surface area (Å²) in [6, 6.07) is 0.692. The van der Waals surface area contributed by atoms with Crippen molar-refractivity contribution in [3.63, 3.8) is 0 Å². The van der Waals surface area contributed by atoms with Crippen LogP contribution in [0, 0.1) is 5.92 Å². The van der Waals surface area contributed by atoms with Gasteiger partial charge in [-0.1, -0.05) is 13.8 Å². The van der Waals surface area contributed by atoms with Gasteiger partial charge in [-0.25, -0.2) is 4.98 Å². The first kappa shape index (κ1) is 14.8. The van der Waals surface area contributed by atoms with Crippen LogP contribution in [0.15, 0.2) is 5.38 Å². The number of hydrogen-bond donors (Lipinski definition) is 1. The van der Waals surface area contributed by atoms with Crippen molar-refractivity contribution < 1.29 is 4.74 Å². The molecule has 0 saturated heterocycles. The zero-order valence-corrected chi connectivity index (χ0v) is 13.0. The predicted octanol–water partition coefficient (Wildman–Crippen LogP) is 2.50. The minimum atomic E-state index is 0.683. The molecule has 1 aliphatic carbocycles. The predicted molar refractivity (Wildman–Crippen MR) is 80.9 cm³/mol. The summed E-state index contributed by atoms with van der Waals surface area (Å²) < 4.78 is 5.19. The average molecular weight is 283 g/mol. The molecule has 1 aliphatic rings. The van der Waals surface area contributed by atoms with Crippen LogP contribution >= 0.6 is 11.3 Å². The van der Waals surface area contributed by atoms with Crippen LogP contribution in [-0.4, -0.2) is 37.8 Å². The molecule has 0 amide bonds. The van der Waals surface area contributed by atoms with E-state index in [0.29, 0.717) is 12.0 Å². The Morgan fingerprint density at radius 1 is 1.53 bits per heavy atom. The van der Waals surface area contributed by atoms with E-state index >= 15 is 0 Å². The zero-order valence-electron chi connectivity index (χ0n) is 12.2. The number of nitrogens with one attached hydrogen (secondary N) is 1. The summed E-state index contributed by atoms with van der Waals surface area (Å²) in [4.78, 5) is 7.15. The van der Waals surface area contributed by atoms with Gasteiger partial charge in [-0.2, -0.15) is 0 Å². The Hall–Kier alpha value is -0.650. The molecule has 1 N–H and O–H groups in total. The Balaban J connectivity index is 1.86. The topological polar surface area (TPSA) is 37.4 Å². The number of rotatable bonds is 9. The molecule has 0 atom stereocenters. The largest absolute Gasteiger partial charge is 0.383 e. The molecule has 1 aromatic rings. The van der Waals surface area contributed by atoms with Gasteiger partial charge >= 0.3 is 0 Å². The van der Waals surface area contributed by atoms with Gasteiger partial charge in [-0.15, -0.1) is 11.3 Å². The van der Waals surface area contributed by atoms with E-state index in [4.69, 9.17) is 9.72 Å². The van der Waals surface area contributed by atoms with E-state index in [1.165, 1.54) is 12.8 Å². The van der Waals surface area contributed by atoms with E-state index in [1.807, 2.05) is 0 Å². The lowest BCUT2D eigenvalue weighted by molar-refractivity contribution is 0.205. The molecule has 2 rings (SSSR count). The van der Waals surface area contributed by atoms with Crippen molar-refractivity contribution in [2.75, 3.05) is 31.7 Å². The molecule has 0 aromatic carbocycles. The second-order valence-corrected chi connectivity index (χ2v) is 6.40. The number of methoxy groups -OCH3 is 1. The molecule has 0 spiro atoms. The fourth-order valence-corrected chi connectivity index (χ4v) is 2.93. The molecule has 0 unspecified atom stereocenters. The van der Waals surface area contributed by atoms with Crippen molar-refractivity contribution in [2.45, 2.75) is 39.3 Å². The number of anilines is 1. The molecular formula is C14H25N3OS. The molecule has 1 fully saturated rings. The van der Waals surface area contributed by atoms with Gasteiger partial charge in [0.1, 0.15) is 0 Å². The Morgan fingerprint density at radius 2 is 2.32 bits per heavy atom. The van der Waals surface area contributed by atoms with Gasteiger partial charge < -0.3 is 15.0 Å².